The molecule has 0 radical (unpaired) electrons. The number of rotatable bonds is 3. The summed E-state index contributed by atoms with van der Waals surface area (Å²) in [5, 5.41) is 3.26. The Labute approximate surface area is 121 Å². The van der Waals surface area contributed by atoms with Gasteiger partial charge in [0.05, 0.1) is 11.6 Å². The lowest BCUT2D eigenvalue weighted by Crippen LogP contribution is -2.27. The van der Waals surface area contributed by atoms with E-state index in [1.165, 1.54) is 12.1 Å². The second kappa shape index (κ2) is 5.92. The Hall–Kier alpha value is -2.07. The van der Waals surface area contributed by atoms with Crippen molar-refractivity contribution in [3.8, 4) is 0 Å². The van der Waals surface area contributed by atoms with Gasteiger partial charge in [-0.05, 0) is 36.8 Å². The zero-order chi connectivity index (χ0) is 14.7. The molecule has 3 N–H and O–H groups in total. The number of nitrogen functional groups attached to an aromatic ring is 1. The Morgan fingerprint density at radius 1 is 1.30 bits per heavy atom. The van der Waals surface area contributed by atoms with Gasteiger partial charge in [0.2, 0.25) is 0 Å². The monoisotopic (exact) mass is 292 g/mol. The molecule has 20 heavy (non-hydrogen) atoms. The van der Waals surface area contributed by atoms with Gasteiger partial charge < -0.3 is 11.1 Å². The van der Waals surface area contributed by atoms with Crippen molar-refractivity contribution in [3.05, 3.63) is 64.4 Å². The number of anilines is 1. The third-order valence-corrected chi connectivity index (χ3v) is 3.30. The third kappa shape index (κ3) is 3.08. The first-order chi connectivity index (χ1) is 9.49. The van der Waals surface area contributed by atoms with Crippen molar-refractivity contribution in [1.29, 1.82) is 0 Å². The van der Waals surface area contributed by atoms with Crippen molar-refractivity contribution in [3.63, 3.8) is 0 Å². The van der Waals surface area contributed by atoms with Gasteiger partial charge in [0.25, 0.3) is 5.91 Å². The molecule has 0 bridgehead atoms. The maximum absolute atomic E-state index is 13.7. The zero-order valence-electron chi connectivity index (χ0n) is 10.9. The maximum Gasteiger partial charge on any atom is 0.254 e. The number of halogens is 2. The Balaban J connectivity index is 2.17. The lowest BCUT2D eigenvalue weighted by molar-refractivity contribution is 0.0936. The molecule has 2 rings (SSSR count). The van der Waals surface area contributed by atoms with Crippen LogP contribution < -0.4 is 11.1 Å². The van der Waals surface area contributed by atoms with E-state index in [1.54, 1.807) is 19.1 Å². The fraction of sp³-hybridized carbons (Fsp3) is 0.133. The molecule has 0 saturated carbocycles. The molecule has 0 saturated heterocycles. The van der Waals surface area contributed by atoms with Gasteiger partial charge in [0.1, 0.15) is 5.82 Å². The van der Waals surface area contributed by atoms with Crippen molar-refractivity contribution in [1.82, 2.24) is 5.32 Å². The van der Waals surface area contributed by atoms with E-state index in [0.29, 0.717) is 5.02 Å². The molecule has 2 aromatic rings. The fourth-order valence-corrected chi connectivity index (χ4v) is 2.19. The highest BCUT2D eigenvalue weighted by atomic mass is 35.5. The molecule has 2 aromatic carbocycles. The van der Waals surface area contributed by atoms with Crippen molar-refractivity contribution in [2.75, 3.05) is 5.73 Å². The van der Waals surface area contributed by atoms with Crippen LogP contribution in [0.15, 0.2) is 42.5 Å². The van der Waals surface area contributed by atoms with Crippen LogP contribution in [-0.2, 0) is 0 Å². The standard InChI is InChI=1S/C15H14ClFN2O/c1-9(11-4-2-3-5-13(11)16)19-15(20)12-7-6-10(18)8-14(12)17/h2-9H,18H2,1H3,(H,19,20). The van der Waals surface area contributed by atoms with Gasteiger partial charge in [-0.15, -0.1) is 0 Å². The smallest absolute Gasteiger partial charge is 0.254 e. The fourth-order valence-electron chi connectivity index (χ4n) is 1.89. The molecule has 0 aliphatic rings. The molecule has 5 heteroatoms. The van der Waals surface area contributed by atoms with E-state index in [2.05, 4.69) is 5.32 Å². The predicted molar refractivity (Wildman–Crippen MR) is 78.1 cm³/mol. The second-order valence-electron chi connectivity index (χ2n) is 4.46. The number of hydrogen-bond donors (Lipinski definition) is 2. The molecule has 3 nitrogen and oxygen atoms in total. The molecule has 0 aromatic heterocycles. The van der Waals surface area contributed by atoms with Crippen LogP contribution in [0.2, 0.25) is 5.02 Å². The van der Waals surface area contributed by atoms with E-state index in [4.69, 9.17) is 17.3 Å². The third-order valence-electron chi connectivity index (χ3n) is 2.96. The molecule has 1 atom stereocenters. The molecule has 0 aliphatic heterocycles. The lowest BCUT2D eigenvalue weighted by Gasteiger charge is -2.16. The topological polar surface area (TPSA) is 55.1 Å². The molecule has 0 fully saturated rings. The van der Waals surface area contributed by atoms with Crippen LogP contribution in [0, 0.1) is 5.82 Å². The van der Waals surface area contributed by atoms with Crippen LogP contribution in [-0.4, -0.2) is 5.91 Å². The maximum atomic E-state index is 13.7. The minimum atomic E-state index is -0.645. The number of nitrogens with one attached hydrogen (secondary N) is 1. The summed E-state index contributed by atoms with van der Waals surface area (Å²) in [7, 11) is 0. The van der Waals surface area contributed by atoms with Crippen molar-refractivity contribution < 1.29 is 9.18 Å². The number of carbonyl (C=O) groups excluding carboxylic acids is 1. The zero-order valence-corrected chi connectivity index (χ0v) is 11.6. The Morgan fingerprint density at radius 3 is 2.65 bits per heavy atom. The lowest BCUT2D eigenvalue weighted by atomic mass is 10.1. The van der Waals surface area contributed by atoms with E-state index >= 15 is 0 Å². The SMILES string of the molecule is CC(NC(=O)c1ccc(N)cc1F)c1ccccc1Cl. The van der Waals surface area contributed by atoms with Crippen LogP contribution in [0.1, 0.15) is 28.9 Å². The predicted octanol–water partition coefficient (Wildman–Crippen LogP) is 3.55. The summed E-state index contributed by atoms with van der Waals surface area (Å²) in [6.07, 6.45) is 0. The van der Waals surface area contributed by atoms with E-state index in [1.807, 2.05) is 12.1 Å². The average Bonchev–Trinajstić information content (AvgIpc) is 2.38. The summed E-state index contributed by atoms with van der Waals surface area (Å²) in [6.45, 7) is 1.79. The van der Waals surface area contributed by atoms with Gasteiger partial charge in [-0.2, -0.15) is 0 Å². The highest BCUT2D eigenvalue weighted by Crippen LogP contribution is 2.22. The normalized spacial score (nSPS) is 11.9. The molecular formula is C15H14ClFN2O. The minimum Gasteiger partial charge on any atom is -0.399 e. The van der Waals surface area contributed by atoms with Crippen LogP contribution in [0.3, 0.4) is 0 Å². The van der Waals surface area contributed by atoms with Gasteiger partial charge in [0.15, 0.2) is 0 Å². The molecule has 0 spiro atoms. The van der Waals surface area contributed by atoms with Crippen LogP contribution in [0.4, 0.5) is 10.1 Å². The largest absolute Gasteiger partial charge is 0.399 e. The van der Waals surface area contributed by atoms with Gasteiger partial charge >= 0.3 is 0 Å². The van der Waals surface area contributed by atoms with Gasteiger partial charge in [-0.3, -0.25) is 4.79 Å². The van der Waals surface area contributed by atoms with E-state index in [-0.39, 0.29) is 17.3 Å². The first-order valence-corrected chi connectivity index (χ1v) is 6.47. The molecular weight excluding hydrogens is 279 g/mol. The summed E-state index contributed by atoms with van der Waals surface area (Å²) in [5.41, 5.74) is 6.46. The van der Waals surface area contributed by atoms with Gasteiger partial charge in [0, 0.05) is 10.7 Å². The number of benzene rings is 2. The minimum absolute atomic E-state index is 0.0434. The molecule has 0 aliphatic carbocycles. The van der Waals surface area contributed by atoms with Crippen molar-refractivity contribution in [2.45, 2.75) is 13.0 Å². The summed E-state index contributed by atoms with van der Waals surface area (Å²) < 4.78 is 13.7. The molecule has 104 valence electrons. The van der Waals surface area contributed by atoms with Gasteiger partial charge in [-0.1, -0.05) is 29.8 Å². The second-order valence-corrected chi connectivity index (χ2v) is 4.86. The van der Waals surface area contributed by atoms with E-state index < -0.39 is 11.7 Å². The van der Waals surface area contributed by atoms with Gasteiger partial charge in [-0.25, -0.2) is 4.39 Å². The quantitative estimate of drug-likeness (QED) is 0.850. The van der Waals surface area contributed by atoms with E-state index in [9.17, 15) is 9.18 Å². The summed E-state index contributed by atoms with van der Waals surface area (Å²) in [6, 6.07) is 10.8. The molecule has 1 amide bonds. The Morgan fingerprint density at radius 2 is 2.00 bits per heavy atom. The number of hydrogen-bond acceptors (Lipinski definition) is 2. The summed E-state index contributed by atoms with van der Waals surface area (Å²) in [5.74, 6) is -1.15. The summed E-state index contributed by atoms with van der Waals surface area (Å²) >= 11 is 6.06. The van der Waals surface area contributed by atoms with Crippen molar-refractivity contribution in [2.24, 2.45) is 0 Å². The van der Waals surface area contributed by atoms with E-state index in [0.717, 1.165) is 11.6 Å². The Kier molecular flexibility index (Phi) is 4.25. The highest BCUT2D eigenvalue weighted by Gasteiger charge is 2.16. The number of amides is 1. The van der Waals surface area contributed by atoms with Crippen LogP contribution in [0.5, 0.6) is 0 Å². The Bertz CT molecular complexity index is 646. The molecule has 0 heterocycles. The van der Waals surface area contributed by atoms with Crippen molar-refractivity contribution >= 4 is 23.2 Å². The van der Waals surface area contributed by atoms with Crippen LogP contribution >= 0.6 is 11.6 Å². The average molecular weight is 293 g/mol. The highest BCUT2D eigenvalue weighted by molar-refractivity contribution is 6.31. The number of carbonyl (C=O) groups is 1. The first-order valence-electron chi connectivity index (χ1n) is 6.09. The summed E-state index contributed by atoms with van der Waals surface area (Å²) in [4.78, 5) is 12.0. The molecule has 1 unspecified atom stereocenters. The van der Waals surface area contributed by atoms with Crippen LogP contribution in [0.25, 0.3) is 0 Å². The number of nitrogens with two attached hydrogens (primary N) is 1. The first kappa shape index (κ1) is 14.3.